The first-order valence-corrected chi connectivity index (χ1v) is 13.5. The Morgan fingerprint density at radius 2 is 1.68 bits per heavy atom. The number of amidine groups is 2. The number of para-hydroxylation sites is 1. The largest absolute Gasteiger partial charge is 0.338 e. The lowest BCUT2D eigenvalue weighted by Gasteiger charge is -2.28. The van der Waals surface area contributed by atoms with Crippen LogP contribution in [-0.4, -0.2) is 52.8 Å². The summed E-state index contributed by atoms with van der Waals surface area (Å²) in [5.41, 5.74) is 7.19. The first kappa shape index (κ1) is 24.9. The third-order valence-electron chi connectivity index (χ3n) is 6.53. The van der Waals surface area contributed by atoms with Crippen LogP contribution in [0.5, 0.6) is 0 Å². The summed E-state index contributed by atoms with van der Waals surface area (Å²) in [6.07, 6.45) is 0.937. The molecule has 1 fully saturated rings. The number of carbonyl (C=O) groups excluding carboxylic acids is 1. The van der Waals surface area contributed by atoms with E-state index in [2.05, 4.69) is 67.4 Å². The second-order valence-electron chi connectivity index (χ2n) is 9.49. The minimum Gasteiger partial charge on any atom is -0.338 e. The van der Waals surface area contributed by atoms with Crippen molar-refractivity contribution in [2.75, 3.05) is 36.3 Å². The fourth-order valence-electron chi connectivity index (χ4n) is 4.44. The maximum atomic E-state index is 13.2. The van der Waals surface area contributed by atoms with Gasteiger partial charge in [0.2, 0.25) is 0 Å². The summed E-state index contributed by atoms with van der Waals surface area (Å²) in [4.78, 5) is 22.0. The van der Waals surface area contributed by atoms with Crippen molar-refractivity contribution in [3.63, 3.8) is 0 Å². The molecule has 0 spiro atoms. The maximum absolute atomic E-state index is 13.2. The summed E-state index contributed by atoms with van der Waals surface area (Å²) in [5.74, 6) is 1.85. The van der Waals surface area contributed by atoms with E-state index in [-0.39, 0.29) is 6.03 Å². The third kappa shape index (κ3) is 5.49. The van der Waals surface area contributed by atoms with Gasteiger partial charge in [-0.25, -0.2) is 14.8 Å². The van der Waals surface area contributed by atoms with Crippen LogP contribution in [-0.2, 0) is 0 Å². The standard InChI is InChI=1S/C29H32N6OS/c1-20-9-15-25(16-10-20)35-19-33(4)27(32-35)23-11-13-24(14-12-23)30-28(36)34-17-6-18-37-29(34)31-26-21(2)7-5-8-22(26)3/h5,7-16H,6,17-19H2,1-4H3,(H,30,36). The predicted molar refractivity (Wildman–Crippen MR) is 155 cm³/mol. The van der Waals surface area contributed by atoms with Crippen LogP contribution in [0.2, 0.25) is 0 Å². The Bertz CT molecular complexity index is 1330. The van der Waals surface area contributed by atoms with Crippen molar-refractivity contribution in [3.8, 4) is 0 Å². The molecule has 1 saturated heterocycles. The molecule has 2 amide bonds. The van der Waals surface area contributed by atoms with E-state index in [4.69, 9.17) is 10.1 Å². The number of hydrogen-bond donors (Lipinski definition) is 1. The number of amides is 2. The van der Waals surface area contributed by atoms with Crippen LogP contribution in [0, 0.1) is 20.8 Å². The molecule has 3 aromatic carbocycles. The van der Waals surface area contributed by atoms with E-state index in [9.17, 15) is 4.79 Å². The zero-order chi connectivity index (χ0) is 25.9. The molecule has 5 rings (SSSR count). The number of hydrogen-bond acceptors (Lipinski definition) is 6. The number of carbonyl (C=O) groups is 1. The van der Waals surface area contributed by atoms with E-state index < -0.39 is 0 Å². The molecule has 2 aliphatic heterocycles. The normalized spacial score (nSPS) is 16.8. The summed E-state index contributed by atoms with van der Waals surface area (Å²) < 4.78 is 0. The highest BCUT2D eigenvalue weighted by Crippen LogP contribution is 2.28. The highest BCUT2D eigenvalue weighted by atomic mass is 32.2. The Morgan fingerprint density at radius 3 is 2.38 bits per heavy atom. The van der Waals surface area contributed by atoms with Crippen LogP contribution in [0.3, 0.4) is 0 Å². The van der Waals surface area contributed by atoms with Crippen LogP contribution in [0.4, 0.5) is 21.9 Å². The molecule has 0 unspecified atom stereocenters. The molecule has 2 aliphatic rings. The van der Waals surface area contributed by atoms with Gasteiger partial charge in [-0.1, -0.05) is 47.7 Å². The second kappa shape index (κ2) is 10.7. The number of nitrogens with zero attached hydrogens (tertiary/aromatic N) is 5. The smallest absolute Gasteiger partial charge is 0.327 e. The minimum atomic E-state index is -0.161. The maximum Gasteiger partial charge on any atom is 0.327 e. The van der Waals surface area contributed by atoms with Gasteiger partial charge >= 0.3 is 6.03 Å². The molecular weight excluding hydrogens is 480 g/mol. The molecule has 1 N–H and O–H groups in total. The van der Waals surface area contributed by atoms with Gasteiger partial charge in [0, 0.05) is 30.6 Å². The van der Waals surface area contributed by atoms with Gasteiger partial charge in [-0.05, 0) is 74.7 Å². The fourth-order valence-corrected chi connectivity index (χ4v) is 5.38. The van der Waals surface area contributed by atoms with Gasteiger partial charge in [-0.15, -0.1) is 0 Å². The molecule has 0 aromatic heterocycles. The molecule has 0 saturated carbocycles. The molecule has 3 aromatic rings. The van der Waals surface area contributed by atoms with Gasteiger partial charge in [0.1, 0.15) is 6.67 Å². The van der Waals surface area contributed by atoms with E-state index in [1.54, 1.807) is 16.7 Å². The van der Waals surface area contributed by atoms with Crippen LogP contribution < -0.4 is 10.3 Å². The zero-order valence-corrected chi connectivity index (χ0v) is 22.5. The van der Waals surface area contributed by atoms with Crippen molar-refractivity contribution in [2.24, 2.45) is 10.1 Å². The van der Waals surface area contributed by atoms with Gasteiger partial charge in [0.25, 0.3) is 0 Å². The number of nitrogens with one attached hydrogen (secondary N) is 1. The number of anilines is 2. The zero-order valence-electron chi connectivity index (χ0n) is 21.7. The average molecular weight is 513 g/mol. The topological polar surface area (TPSA) is 63.5 Å². The Hall–Kier alpha value is -3.78. The van der Waals surface area contributed by atoms with Crippen molar-refractivity contribution in [3.05, 3.63) is 89.0 Å². The van der Waals surface area contributed by atoms with Gasteiger partial charge in [0.15, 0.2) is 11.0 Å². The van der Waals surface area contributed by atoms with Crippen molar-refractivity contribution < 1.29 is 4.79 Å². The van der Waals surface area contributed by atoms with Gasteiger partial charge in [-0.2, -0.15) is 5.10 Å². The molecule has 0 radical (unpaired) electrons. The second-order valence-corrected chi connectivity index (χ2v) is 10.6. The van der Waals surface area contributed by atoms with Crippen molar-refractivity contribution in [1.82, 2.24) is 9.80 Å². The Labute approximate surface area is 222 Å². The summed E-state index contributed by atoms with van der Waals surface area (Å²) in [6, 6.07) is 22.2. The predicted octanol–water partition coefficient (Wildman–Crippen LogP) is 6.34. The van der Waals surface area contributed by atoms with E-state index in [0.717, 1.165) is 56.9 Å². The highest BCUT2D eigenvalue weighted by molar-refractivity contribution is 8.13. The molecule has 190 valence electrons. The van der Waals surface area contributed by atoms with Crippen molar-refractivity contribution in [1.29, 1.82) is 0 Å². The van der Waals surface area contributed by atoms with Gasteiger partial charge in [0.05, 0.1) is 11.4 Å². The number of thioether (sulfide) groups is 1. The highest BCUT2D eigenvalue weighted by Gasteiger charge is 2.25. The van der Waals surface area contributed by atoms with E-state index >= 15 is 0 Å². The first-order valence-electron chi connectivity index (χ1n) is 12.5. The van der Waals surface area contributed by atoms with Gasteiger partial charge in [-0.3, -0.25) is 4.90 Å². The molecular formula is C29H32N6OS. The summed E-state index contributed by atoms with van der Waals surface area (Å²) in [5, 5.41) is 10.6. The number of aliphatic imine (C=N–C) groups is 1. The molecule has 8 heteroatoms. The first-order chi connectivity index (χ1) is 17.9. The van der Waals surface area contributed by atoms with Crippen molar-refractivity contribution in [2.45, 2.75) is 27.2 Å². The number of benzene rings is 3. The summed E-state index contributed by atoms with van der Waals surface area (Å²) in [7, 11) is 2.04. The van der Waals surface area contributed by atoms with Crippen LogP contribution in [0.25, 0.3) is 0 Å². The molecule has 0 bridgehead atoms. The van der Waals surface area contributed by atoms with Crippen LogP contribution in [0.1, 0.15) is 28.7 Å². The third-order valence-corrected chi connectivity index (χ3v) is 7.59. The summed E-state index contributed by atoms with van der Waals surface area (Å²) >= 11 is 1.63. The fraction of sp³-hybridized carbons (Fsp3) is 0.276. The molecule has 7 nitrogen and oxygen atoms in total. The SMILES string of the molecule is Cc1ccc(N2CN(C)C(c3ccc(NC(=O)N4CCCSC4=Nc4c(C)cccc4C)cc3)=N2)cc1. The van der Waals surface area contributed by atoms with Crippen molar-refractivity contribution >= 4 is 45.9 Å². The van der Waals surface area contributed by atoms with Gasteiger partial charge < -0.3 is 10.2 Å². The monoisotopic (exact) mass is 512 g/mol. The van der Waals surface area contributed by atoms with Crippen LogP contribution in [0.15, 0.2) is 76.8 Å². The average Bonchev–Trinajstić information content (AvgIpc) is 3.29. The van der Waals surface area contributed by atoms with Crippen LogP contribution >= 0.6 is 11.8 Å². The summed E-state index contributed by atoms with van der Waals surface area (Å²) in [6.45, 7) is 7.52. The Morgan fingerprint density at radius 1 is 0.973 bits per heavy atom. The van der Waals surface area contributed by atoms with E-state index in [0.29, 0.717) is 13.2 Å². The number of rotatable bonds is 4. The molecule has 0 aliphatic carbocycles. The lowest BCUT2D eigenvalue weighted by atomic mass is 10.1. The quantitative estimate of drug-likeness (QED) is 0.443. The number of aryl methyl sites for hydroxylation is 3. The molecule has 2 heterocycles. The van der Waals surface area contributed by atoms with E-state index in [1.807, 2.05) is 42.4 Å². The Balaban J connectivity index is 1.30. The number of hydrazone groups is 1. The minimum absolute atomic E-state index is 0.161. The number of urea groups is 1. The lowest BCUT2D eigenvalue weighted by Crippen LogP contribution is -2.41. The van der Waals surface area contributed by atoms with E-state index in [1.165, 1.54) is 5.56 Å². The lowest BCUT2D eigenvalue weighted by molar-refractivity contribution is 0.234. The molecule has 0 atom stereocenters. The molecule has 37 heavy (non-hydrogen) atoms. The Kier molecular flexibility index (Phi) is 7.19.